The predicted octanol–water partition coefficient (Wildman–Crippen LogP) is 6.91. The largest absolute Gasteiger partial charge is 0.478 e. The number of nitrogens with zero attached hydrogens (tertiary/aromatic N) is 3. The summed E-state index contributed by atoms with van der Waals surface area (Å²) in [6, 6.07) is 2.86. The number of benzene rings is 2. The maximum atomic E-state index is 13.6. The molecule has 0 radical (unpaired) electrons. The molecule has 1 amide bonds. The highest BCUT2D eigenvalue weighted by molar-refractivity contribution is 5.90. The van der Waals surface area contributed by atoms with Crippen LogP contribution in [-0.4, -0.2) is 37.9 Å². The molecule has 1 aliphatic rings. The zero-order valence-electron chi connectivity index (χ0n) is 22.3. The number of carboxylic acid groups (broad SMARTS) is 2. The van der Waals surface area contributed by atoms with Crippen molar-refractivity contribution in [1.82, 2.24) is 9.97 Å². The smallest absolute Gasteiger partial charge is 0.416 e. The number of carbonyl (C=O) groups is 2. The molecule has 0 saturated heterocycles. The number of nitrogens with two attached hydrogens (primary N) is 1. The summed E-state index contributed by atoms with van der Waals surface area (Å²) >= 11 is 0. The number of aromatic nitrogens is 2. The van der Waals surface area contributed by atoms with Crippen LogP contribution in [0.2, 0.25) is 0 Å². The van der Waals surface area contributed by atoms with Crippen molar-refractivity contribution in [2.24, 2.45) is 5.73 Å². The molecule has 4 N–H and O–H groups in total. The molecule has 3 aromatic rings. The Morgan fingerprint density at radius 2 is 1.50 bits per heavy atom. The zero-order chi connectivity index (χ0) is 33.0. The fourth-order valence-electron chi connectivity index (χ4n) is 5.06. The van der Waals surface area contributed by atoms with E-state index in [1.807, 2.05) is 0 Å². The zero-order valence-corrected chi connectivity index (χ0v) is 22.3. The number of anilines is 1. The van der Waals surface area contributed by atoms with E-state index in [1.54, 1.807) is 0 Å². The van der Waals surface area contributed by atoms with Crippen molar-refractivity contribution in [1.29, 1.82) is 0 Å². The molecule has 8 nitrogen and oxygen atoms in total. The number of aromatic carboxylic acids is 1. The summed E-state index contributed by atoms with van der Waals surface area (Å²) in [4.78, 5) is 32.8. The Kier molecular flexibility index (Phi) is 8.08. The highest BCUT2D eigenvalue weighted by Gasteiger charge is 2.47. The van der Waals surface area contributed by atoms with Crippen molar-refractivity contribution in [3.05, 3.63) is 87.5 Å². The van der Waals surface area contributed by atoms with Crippen LogP contribution in [0, 0.1) is 0 Å². The topological polar surface area (TPSA) is 130 Å². The van der Waals surface area contributed by atoms with Crippen LogP contribution in [-0.2, 0) is 24.9 Å². The summed E-state index contributed by atoms with van der Waals surface area (Å²) in [6.45, 7) is 1.51. The Morgan fingerprint density at radius 1 is 0.932 bits per heavy atom. The van der Waals surface area contributed by atoms with Crippen LogP contribution in [0.4, 0.5) is 50.0 Å². The van der Waals surface area contributed by atoms with Gasteiger partial charge < -0.3 is 15.9 Å². The Labute approximate surface area is 241 Å². The van der Waals surface area contributed by atoms with Crippen LogP contribution in [0.25, 0.3) is 0 Å². The van der Waals surface area contributed by atoms with E-state index in [0.717, 1.165) is 12.3 Å². The third-order valence-electron chi connectivity index (χ3n) is 7.23. The molecule has 236 valence electrons. The van der Waals surface area contributed by atoms with Crippen LogP contribution < -0.4 is 10.6 Å². The first-order valence-electron chi connectivity index (χ1n) is 12.6. The molecule has 0 spiro atoms. The summed E-state index contributed by atoms with van der Waals surface area (Å²) in [5.41, 5.74) is -2.14. The minimum absolute atomic E-state index is 0.0548. The first kappa shape index (κ1) is 32.5. The van der Waals surface area contributed by atoms with E-state index in [1.165, 1.54) is 6.92 Å². The van der Waals surface area contributed by atoms with Gasteiger partial charge in [-0.3, -0.25) is 4.90 Å². The predicted molar refractivity (Wildman–Crippen MR) is 134 cm³/mol. The van der Waals surface area contributed by atoms with Gasteiger partial charge in [0, 0.05) is 18.5 Å². The molecule has 0 bridgehead atoms. The van der Waals surface area contributed by atoms with Crippen molar-refractivity contribution in [3.63, 3.8) is 0 Å². The maximum Gasteiger partial charge on any atom is 0.416 e. The minimum atomic E-state index is -5.19. The molecule has 0 saturated carbocycles. The van der Waals surface area contributed by atoms with Crippen LogP contribution in [0.15, 0.2) is 42.6 Å². The highest BCUT2D eigenvalue weighted by atomic mass is 19.4. The van der Waals surface area contributed by atoms with Gasteiger partial charge in [0.1, 0.15) is 11.5 Å². The lowest BCUT2D eigenvalue weighted by molar-refractivity contribution is -0.143. The van der Waals surface area contributed by atoms with Crippen molar-refractivity contribution in [2.45, 2.75) is 56.3 Å². The minimum Gasteiger partial charge on any atom is -0.478 e. The van der Waals surface area contributed by atoms with Crippen LogP contribution >= 0.6 is 0 Å². The molecule has 0 unspecified atom stereocenters. The van der Waals surface area contributed by atoms with Gasteiger partial charge >= 0.3 is 30.6 Å². The van der Waals surface area contributed by atoms with Crippen LogP contribution in [0.1, 0.15) is 75.4 Å². The standard InChI is InChI=1S/C27H21F9N4O4/c1-2-24(37)10-17(16-9-13(25(28,29)30)3-4-20(16)40(24)23(43)44)21-38-11-18(22(41)42)19(39-21)7-12-5-14(26(31,32)33)8-15(6-12)27(34,35)36/h3-6,8-9,11,17H,2,7,10,37H2,1H3,(H,41,42)(H,43,44)/t17-,24+/m0/s1. The van der Waals surface area contributed by atoms with E-state index < -0.39 is 88.5 Å². The Bertz CT molecular complexity index is 1590. The highest BCUT2D eigenvalue weighted by Crippen LogP contribution is 2.47. The second kappa shape index (κ2) is 10.9. The number of rotatable bonds is 5. The molecule has 2 aromatic carbocycles. The Balaban J connectivity index is 1.92. The van der Waals surface area contributed by atoms with E-state index in [0.29, 0.717) is 29.2 Å². The average molecular weight is 636 g/mol. The molecule has 0 fully saturated rings. The van der Waals surface area contributed by atoms with Gasteiger partial charge in [0.25, 0.3) is 0 Å². The summed E-state index contributed by atoms with van der Waals surface area (Å²) in [5, 5.41) is 19.5. The lowest BCUT2D eigenvalue weighted by atomic mass is 9.80. The van der Waals surface area contributed by atoms with Gasteiger partial charge in [0.15, 0.2) is 0 Å². The van der Waals surface area contributed by atoms with Crippen molar-refractivity contribution in [3.8, 4) is 0 Å². The monoisotopic (exact) mass is 636 g/mol. The van der Waals surface area contributed by atoms with E-state index in [9.17, 15) is 59.3 Å². The van der Waals surface area contributed by atoms with E-state index in [4.69, 9.17) is 5.73 Å². The van der Waals surface area contributed by atoms with Crippen LogP contribution in [0.3, 0.4) is 0 Å². The summed E-state index contributed by atoms with van der Waals surface area (Å²) in [7, 11) is 0. The van der Waals surface area contributed by atoms with E-state index in [2.05, 4.69) is 9.97 Å². The molecular weight excluding hydrogens is 615 g/mol. The average Bonchev–Trinajstić information content (AvgIpc) is 2.90. The Morgan fingerprint density at radius 3 is 1.98 bits per heavy atom. The first-order chi connectivity index (χ1) is 20.2. The second-order valence-corrected chi connectivity index (χ2v) is 10.1. The third kappa shape index (κ3) is 6.27. The number of hydrogen-bond acceptors (Lipinski definition) is 5. The molecule has 0 aliphatic carbocycles. The van der Waals surface area contributed by atoms with Crippen molar-refractivity contribution < 1.29 is 59.3 Å². The first-order valence-corrected chi connectivity index (χ1v) is 12.6. The van der Waals surface area contributed by atoms with Gasteiger partial charge in [0.05, 0.1) is 33.6 Å². The lowest BCUT2D eigenvalue weighted by Gasteiger charge is -2.46. The summed E-state index contributed by atoms with van der Waals surface area (Å²) in [5.74, 6) is -3.35. The van der Waals surface area contributed by atoms with Gasteiger partial charge in [-0.05, 0) is 60.4 Å². The maximum absolute atomic E-state index is 13.6. The molecule has 17 heteroatoms. The molecule has 2 heterocycles. The van der Waals surface area contributed by atoms with Crippen molar-refractivity contribution >= 4 is 17.7 Å². The molecule has 2 atom stereocenters. The van der Waals surface area contributed by atoms with Crippen LogP contribution in [0.5, 0.6) is 0 Å². The lowest BCUT2D eigenvalue weighted by Crippen LogP contribution is -2.61. The number of fused-ring (bicyclic) bond motifs is 1. The van der Waals surface area contributed by atoms with Gasteiger partial charge in [-0.15, -0.1) is 0 Å². The fourth-order valence-corrected chi connectivity index (χ4v) is 5.06. The molecule has 1 aromatic heterocycles. The summed E-state index contributed by atoms with van der Waals surface area (Å²) < 4.78 is 121. The Hall–Kier alpha value is -4.41. The number of amides is 1. The summed E-state index contributed by atoms with van der Waals surface area (Å²) in [6.07, 6.45) is -17.4. The molecule has 44 heavy (non-hydrogen) atoms. The van der Waals surface area contributed by atoms with Crippen molar-refractivity contribution in [2.75, 3.05) is 4.90 Å². The SMILES string of the molecule is CC[C@]1(N)C[C@H](c2ncc(C(=O)O)c(Cc3cc(C(F)(F)F)cc(C(F)(F)F)c3)n2)c2cc(C(F)(F)F)ccc2N1C(=O)O. The normalized spacial score (nSPS) is 19.1. The molecule has 1 aliphatic heterocycles. The quantitative estimate of drug-likeness (QED) is 0.260. The fraction of sp³-hybridized carbons (Fsp3) is 0.333. The van der Waals surface area contributed by atoms with Gasteiger partial charge in [-0.25, -0.2) is 19.6 Å². The van der Waals surface area contributed by atoms with E-state index >= 15 is 0 Å². The number of alkyl halides is 9. The second-order valence-electron chi connectivity index (χ2n) is 10.1. The number of halogens is 9. The molecular formula is C27H21F9N4O4. The van der Waals surface area contributed by atoms with Gasteiger partial charge in [0.2, 0.25) is 0 Å². The van der Waals surface area contributed by atoms with E-state index in [-0.39, 0.29) is 29.6 Å². The van der Waals surface area contributed by atoms with Gasteiger partial charge in [-0.2, -0.15) is 39.5 Å². The number of hydrogen-bond donors (Lipinski definition) is 3. The third-order valence-corrected chi connectivity index (χ3v) is 7.23. The van der Waals surface area contributed by atoms with Gasteiger partial charge in [-0.1, -0.05) is 6.92 Å². The molecule has 4 rings (SSSR count). The number of carboxylic acids is 1.